The lowest BCUT2D eigenvalue weighted by Crippen LogP contribution is -2.40. The number of likely N-dealkylation sites (tertiary alicyclic amines) is 1. The van der Waals surface area contributed by atoms with Crippen LogP contribution in [0.5, 0.6) is 0 Å². The zero-order valence-corrected chi connectivity index (χ0v) is 18.9. The summed E-state index contributed by atoms with van der Waals surface area (Å²) >= 11 is 0. The molecule has 0 N–H and O–H groups in total. The maximum absolute atomic E-state index is 13.3. The van der Waals surface area contributed by atoms with E-state index in [4.69, 9.17) is 0 Å². The molecule has 3 aromatic heterocycles. The monoisotopic (exact) mass is 453 g/mol. The van der Waals surface area contributed by atoms with Crippen molar-refractivity contribution >= 4 is 32.6 Å². The average molecular weight is 454 g/mol. The number of benzene rings is 1. The van der Waals surface area contributed by atoms with Crippen LogP contribution in [0.2, 0.25) is 0 Å². The summed E-state index contributed by atoms with van der Waals surface area (Å²) in [5.41, 5.74) is 2.85. The number of aryl methyl sites for hydroxylation is 2. The Bertz CT molecular complexity index is 1470. The zero-order valence-electron chi connectivity index (χ0n) is 18.1. The number of carbonyl (C=O) groups excluding carboxylic acids is 1. The highest BCUT2D eigenvalue weighted by molar-refractivity contribution is 7.90. The normalized spacial score (nSPS) is 17.3. The Kier molecular flexibility index (Phi) is 4.73. The Hall–Kier alpha value is -3.34. The van der Waals surface area contributed by atoms with Crippen LogP contribution in [-0.4, -0.2) is 67.7 Å². The maximum atomic E-state index is 13.3. The highest BCUT2D eigenvalue weighted by Gasteiger charge is 2.31. The molecule has 0 bridgehead atoms. The van der Waals surface area contributed by atoms with Crippen LogP contribution in [0, 0.1) is 6.92 Å². The molecule has 1 saturated heterocycles. The van der Waals surface area contributed by atoms with Gasteiger partial charge in [-0.1, -0.05) is 0 Å². The Morgan fingerprint density at radius 2 is 2.03 bits per heavy atom. The summed E-state index contributed by atoms with van der Waals surface area (Å²) in [7, 11) is -1.59. The van der Waals surface area contributed by atoms with E-state index in [1.165, 1.54) is 17.0 Å². The van der Waals surface area contributed by atoms with Gasteiger partial charge in [0.15, 0.2) is 9.84 Å². The van der Waals surface area contributed by atoms with Crippen LogP contribution in [0.25, 0.3) is 16.8 Å². The minimum Gasteiger partial charge on any atom is -0.338 e. The van der Waals surface area contributed by atoms with Crippen LogP contribution >= 0.6 is 0 Å². The average Bonchev–Trinajstić information content (AvgIpc) is 3.36. The van der Waals surface area contributed by atoms with Gasteiger partial charge in [-0.05, 0) is 38.0 Å². The van der Waals surface area contributed by atoms with Crippen molar-refractivity contribution in [3.63, 3.8) is 0 Å². The van der Waals surface area contributed by atoms with Gasteiger partial charge in [0.1, 0.15) is 17.0 Å². The van der Waals surface area contributed by atoms with Crippen LogP contribution in [-0.2, 0) is 16.9 Å². The minimum atomic E-state index is -3.53. The summed E-state index contributed by atoms with van der Waals surface area (Å²) in [4.78, 5) is 28.0. The minimum absolute atomic E-state index is 0.0929. The molecule has 0 radical (unpaired) electrons. The first kappa shape index (κ1) is 20.6. The van der Waals surface area contributed by atoms with Gasteiger partial charge in [0, 0.05) is 37.9 Å². The van der Waals surface area contributed by atoms with Crippen molar-refractivity contribution in [3.8, 4) is 0 Å². The van der Waals surface area contributed by atoms with Gasteiger partial charge >= 0.3 is 0 Å². The van der Waals surface area contributed by atoms with E-state index >= 15 is 0 Å². The van der Waals surface area contributed by atoms with Gasteiger partial charge in [0.25, 0.3) is 11.7 Å². The van der Waals surface area contributed by atoms with Crippen LogP contribution in [0.1, 0.15) is 40.6 Å². The number of rotatable bonds is 3. The van der Waals surface area contributed by atoms with E-state index in [9.17, 15) is 13.2 Å². The lowest BCUT2D eigenvalue weighted by atomic mass is 9.94. The molecule has 10 nitrogen and oxygen atoms in total. The molecule has 0 spiro atoms. The molecule has 4 aromatic rings. The Balaban J connectivity index is 1.50. The van der Waals surface area contributed by atoms with E-state index in [0.29, 0.717) is 30.1 Å². The molecule has 1 unspecified atom stereocenters. The van der Waals surface area contributed by atoms with Crippen LogP contribution in [0.4, 0.5) is 0 Å². The molecule has 1 aromatic carbocycles. The standard InChI is InChI=1S/C21H23N7O3S/c1-13-25-16-9-14(6-7-17(16)26(13)2)20(29)27-8-4-5-15(11-27)19-18(32(3,30)31)10-22-21-23-12-24-28(19)21/h6-7,9-10,12,15H,4-5,8,11H2,1-3H3. The molecular formula is C21H23N7O3S. The largest absolute Gasteiger partial charge is 0.338 e. The first-order chi connectivity index (χ1) is 15.2. The summed E-state index contributed by atoms with van der Waals surface area (Å²) in [6.07, 6.45) is 5.35. The topological polar surface area (TPSA) is 115 Å². The van der Waals surface area contributed by atoms with E-state index in [2.05, 4.69) is 20.1 Å². The van der Waals surface area contributed by atoms with E-state index < -0.39 is 9.84 Å². The number of nitrogens with zero attached hydrogens (tertiary/aromatic N) is 7. The summed E-state index contributed by atoms with van der Waals surface area (Å²) in [5, 5.41) is 4.21. The van der Waals surface area contributed by atoms with Crippen molar-refractivity contribution in [2.75, 3.05) is 19.3 Å². The van der Waals surface area contributed by atoms with E-state index in [1.54, 1.807) is 4.90 Å². The summed E-state index contributed by atoms with van der Waals surface area (Å²) in [6.45, 7) is 2.92. The molecular weight excluding hydrogens is 430 g/mol. The zero-order chi connectivity index (χ0) is 22.6. The number of fused-ring (bicyclic) bond motifs is 2. The summed E-state index contributed by atoms with van der Waals surface area (Å²) in [6, 6.07) is 5.55. The fraction of sp³-hybridized carbons (Fsp3) is 0.381. The third-order valence-electron chi connectivity index (χ3n) is 6.15. The van der Waals surface area contributed by atoms with Gasteiger partial charge in [-0.25, -0.2) is 18.4 Å². The first-order valence-corrected chi connectivity index (χ1v) is 12.2. The number of hydrogen-bond acceptors (Lipinski definition) is 7. The molecule has 11 heteroatoms. The van der Waals surface area contributed by atoms with Crippen LogP contribution in [0.3, 0.4) is 0 Å². The highest BCUT2D eigenvalue weighted by atomic mass is 32.2. The van der Waals surface area contributed by atoms with Crippen molar-refractivity contribution in [1.29, 1.82) is 0 Å². The second-order valence-corrected chi connectivity index (χ2v) is 10.2. The van der Waals surface area contributed by atoms with Crippen molar-refractivity contribution < 1.29 is 13.2 Å². The third-order valence-corrected chi connectivity index (χ3v) is 7.27. The molecule has 1 amide bonds. The Labute approximate surface area is 184 Å². The molecule has 1 atom stereocenters. The van der Waals surface area contributed by atoms with Gasteiger partial charge in [0.2, 0.25) is 0 Å². The second-order valence-electron chi connectivity index (χ2n) is 8.26. The smallest absolute Gasteiger partial charge is 0.253 e. The predicted molar refractivity (Wildman–Crippen MR) is 117 cm³/mol. The number of hydrogen-bond donors (Lipinski definition) is 0. The number of aromatic nitrogens is 6. The molecule has 1 aliphatic heterocycles. The van der Waals surface area contributed by atoms with Crippen molar-refractivity contribution in [1.82, 2.24) is 34.0 Å². The third kappa shape index (κ3) is 3.32. The van der Waals surface area contributed by atoms with Gasteiger partial charge in [-0.2, -0.15) is 14.6 Å². The number of piperidine rings is 1. The molecule has 166 valence electrons. The second kappa shape index (κ2) is 7.37. The van der Waals surface area contributed by atoms with Gasteiger partial charge in [-0.15, -0.1) is 0 Å². The lowest BCUT2D eigenvalue weighted by molar-refractivity contribution is 0.0704. The fourth-order valence-corrected chi connectivity index (χ4v) is 5.34. The van der Waals surface area contributed by atoms with Gasteiger partial charge < -0.3 is 9.47 Å². The number of sulfone groups is 1. The number of amides is 1. The number of imidazole rings is 1. The lowest BCUT2D eigenvalue weighted by Gasteiger charge is -2.33. The van der Waals surface area contributed by atoms with Gasteiger partial charge in [-0.3, -0.25) is 4.79 Å². The Morgan fingerprint density at radius 1 is 1.22 bits per heavy atom. The predicted octanol–water partition coefficient (Wildman–Crippen LogP) is 1.74. The number of carbonyl (C=O) groups is 1. The molecule has 1 aliphatic rings. The first-order valence-electron chi connectivity index (χ1n) is 10.3. The molecule has 32 heavy (non-hydrogen) atoms. The van der Waals surface area contributed by atoms with Crippen molar-refractivity contribution in [2.24, 2.45) is 7.05 Å². The molecule has 4 heterocycles. The van der Waals surface area contributed by atoms with Crippen LogP contribution < -0.4 is 0 Å². The quantitative estimate of drug-likeness (QED) is 0.464. The molecule has 0 saturated carbocycles. The highest BCUT2D eigenvalue weighted by Crippen LogP contribution is 2.32. The van der Waals surface area contributed by atoms with E-state index in [-0.39, 0.29) is 16.7 Å². The molecule has 0 aliphatic carbocycles. The van der Waals surface area contributed by atoms with Gasteiger partial charge in [0.05, 0.1) is 22.9 Å². The Morgan fingerprint density at radius 3 is 2.81 bits per heavy atom. The SMILES string of the molecule is Cc1nc2cc(C(=O)N3CCCC(c4c(S(C)(=O)=O)cnc5ncnn45)C3)ccc2n1C. The maximum Gasteiger partial charge on any atom is 0.253 e. The molecule has 5 rings (SSSR count). The fourth-order valence-electron chi connectivity index (χ4n) is 4.46. The van der Waals surface area contributed by atoms with E-state index in [0.717, 1.165) is 36.0 Å². The van der Waals surface area contributed by atoms with Crippen molar-refractivity contribution in [3.05, 3.63) is 47.8 Å². The van der Waals surface area contributed by atoms with E-state index in [1.807, 2.05) is 36.7 Å². The van der Waals surface area contributed by atoms with Crippen LogP contribution in [0.15, 0.2) is 35.6 Å². The summed E-state index contributed by atoms with van der Waals surface area (Å²) in [5.74, 6) is 0.924. The van der Waals surface area contributed by atoms with Crippen molar-refractivity contribution in [2.45, 2.75) is 30.6 Å². The summed E-state index contributed by atoms with van der Waals surface area (Å²) < 4.78 is 28.4. The molecule has 1 fully saturated rings.